The first-order valence-corrected chi connectivity index (χ1v) is 7.76. The third-order valence-electron chi connectivity index (χ3n) is 3.80. The molecule has 0 aromatic carbocycles. The number of nitrogens with one attached hydrogen (secondary N) is 2. The molecule has 2 fully saturated rings. The van der Waals surface area contributed by atoms with Gasteiger partial charge in [0.15, 0.2) is 0 Å². The summed E-state index contributed by atoms with van der Waals surface area (Å²) in [5, 5.41) is 6.65. The highest BCUT2D eigenvalue weighted by molar-refractivity contribution is 5.68. The molecule has 2 rings (SSSR count). The normalized spacial score (nSPS) is 31.1. The monoisotopic (exact) mass is 284 g/mol. The van der Waals surface area contributed by atoms with Crippen LogP contribution in [0.25, 0.3) is 0 Å². The van der Waals surface area contributed by atoms with Crippen molar-refractivity contribution < 1.29 is 14.3 Å². The van der Waals surface area contributed by atoms with Crippen LogP contribution in [0.15, 0.2) is 0 Å². The van der Waals surface area contributed by atoms with Crippen LogP contribution in [-0.4, -0.2) is 43.0 Å². The molecular weight excluding hydrogens is 256 g/mol. The smallest absolute Gasteiger partial charge is 0.407 e. The van der Waals surface area contributed by atoms with E-state index in [-0.39, 0.29) is 12.1 Å². The second-order valence-electron chi connectivity index (χ2n) is 6.93. The van der Waals surface area contributed by atoms with Gasteiger partial charge in [-0.1, -0.05) is 0 Å². The van der Waals surface area contributed by atoms with Gasteiger partial charge in [-0.2, -0.15) is 0 Å². The first-order valence-electron chi connectivity index (χ1n) is 7.76. The molecule has 1 saturated heterocycles. The van der Waals surface area contributed by atoms with Crippen LogP contribution in [0.3, 0.4) is 0 Å². The maximum Gasteiger partial charge on any atom is 0.407 e. The lowest BCUT2D eigenvalue weighted by atomic mass is 9.90. The van der Waals surface area contributed by atoms with Crippen LogP contribution in [-0.2, 0) is 9.47 Å². The van der Waals surface area contributed by atoms with Crippen molar-refractivity contribution in [1.82, 2.24) is 10.6 Å². The SMILES string of the molecule is CC(C)(C)OC(=O)NC1CCCC(NC2CCOC2)C1. The fourth-order valence-electron chi connectivity index (χ4n) is 2.95. The fourth-order valence-corrected chi connectivity index (χ4v) is 2.95. The number of carbonyl (C=O) groups excluding carboxylic acids is 1. The summed E-state index contributed by atoms with van der Waals surface area (Å²) in [4.78, 5) is 11.8. The third kappa shape index (κ3) is 5.29. The molecule has 1 aliphatic heterocycles. The van der Waals surface area contributed by atoms with Gasteiger partial charge in [-0.25, -0.2) is 4.79 Å². The van der Waals surface area contributed by atoms with E-state index in [1.54, 1.807) is 0 Å². The van der Waals surface area contributed by atoms with E-state index in [9.17, 15) is 4.79 Å². The topological polar surface area (TPSA) is 59.6 Å². The van der Waals surface area contributed by atoms with Gasteiger partial charge in [0, 0.05) is 24.7 Å². The van der Waals surface area contributed by atoms with E-state index in [0.29, 0.717) is 12.1 Å². The largest absolute Gasteiger partial charge is 0.444 e. The molecule has 0 radical (unpaired) electrons. The molecule has 5 heteroatoms. The van der Waals surface area contributed by atoms with Gasteiger partial charge in [0.25, 0.3) is 0 Å². The third-order valence-corrected chi connectivity index (χ3v) is 3.80. The summed E-state index contributed by atoms with van der Waals surface area (Å²) in [7, 11) is 0. The number of amides is 1. The summed E-state index contributed by atoms with van der Waals surface area (Å²) in [6.07, 6.45) is 5.15. The average Bonchev–Trinajstić information content (AvgIpc) is 2.79. The van der Waals surface area contributed by atoms with Crippen molar-refractivity contribution in [1.29, 1.82) is 0 Å². The van der Waals surface area contributed by atoms with E-state index in [4.69, 9.17) is 9.47 Å². The summed E-state index contributed by atoms with van der Waals surface area (Å²) in [6.45, 7) is 7.35. The van der Waals surface area contributed by atoms with Crippen LogP contribution in [0.1, 0.15) is 52.9 Å². The number of alkyl carbamates (subject to hydrolysis) is 1. The predicted molar refractivity (Wildman–Crippen MR) is 77.8 cm³/mol. The highest BCUT2D eigenvalue weighted by atomic mass is 16.6. The zero-order valence-electron chi connectivity index (χ0n) is 12.9. The predicted octanol–water partition coefficient (Wildman–Crippen LogP) is 2.20. The Morgan fingerprint density at radius 2 is 1.90 bits per heavy atom. The van der Waals surface area contributed by atoms with E-state index in [1.165, 1.54) is 6.42 Å². The number of hydrogen-bond acceptors (Lipinski definition) is 4. The second kappa shape index (κ2) is 6.76. The number of carbonyl (C=O) groups is 1. The van der Waals surface area contributed by atoms with Crippen LogP contribution in [0.5, 0.6) is 0 Å². The lowest BCUT2D eigenvalue weighted by Gasteiger charge is -2.32. The van der Waals surface area contributed by atoms with Gasteiger partial charge >= 0.3 is 6.09 Å². The van der Waals surface area contributed by atoms with E-state index in [0.717, 1.165) is 38.9 Å². The quantitative estimate of drug-likeness (QED) is 0.834. The Kier molecular flexibility index (Phi) is 5.27. The minimum atomic E-state index is -0.433. The number of rotatable bonds is 3. The highest BCUT2D eigenvalue weighted by Crippen LogP contribution is 2.20. The van der Waals surface area contributed by atoms with Crippen molar-refractivity contribution in [3.05, 3.63) is 0 Å². The molecule has 1 amide bonds. The minimum Gasteiger partial charge on any atom is -0.444 e. The molecule has 3 unspecified atom stereocenters. The maximum atomic E-state index is 11.8. The molecule has 3 atom stereocenters. The molecule has 0 spiro atoms. The lowest BCUT2D eigenvalue weighted by Crippen LogP contribution is -2.48. The van der Waals surface area contributed by atoms with Crippen LogP contribution in [0, 0.1) is 0 Å². The fraction of sp³-hybridized carbons (Fsp3) is 0.933. The van der Waals surface area contributed by atoms with Crippen LogP contribution in [0.2, 0.25) is 0 Å². The summed E-state index contributed by atoms with van der Waals surface area (Å²) < 4.78 is 10.7. The lowest BCUT2D eigenvalue weighted by molar-refractivity contribution is 0.0487. The van der Waals surface area contributed by atoms with Gasteiger partial charge in [0.1, 0.15) is 5.60 Å². The zero-order valence-corrected chi connectivity index (χ0v) is 12.9. The zero-order chi connectivity index (χ0) is 14.6. The molecule has 0 aromatic heterocycles. The Balaban J connectivity index is 1.73. The van der Waals surface area contributed by atoms with Crippen LogP contribution >= 0.6 is 0 Å². The molecule has 116 valence electrons. The molecule has 0 aromatic rings. The van der Waals surface area contributed by atoms with E-state index >= 15 is 0 Å². The van der Waals surface area contributed by atoms with Gasteiger partial charge in [0.2, 0.25) is 0 Å². The van der Waals surface area contributed by atoms with Gasteiger partial charge in [-0.3, -0.25) is 0 Å². The number of ether oxygens (including phenoxy) is 2. The Morgan fingerprint density at radius 3 is 2.55 bits per heavy atom. The van der Waals surface area contributed by atoms with Gasteiger partial charge in [-0.05, 0) is 52.9 Å². The summed E-state index contributed by atoms with van der Waals surface area (Å²) in [5.74, 6) is 0. The van der Waals surface area contributed by atoms with E-state index in [2.05, 4.69) is 10.6 Å². The van der Waals surface area contributed by atoms with Crippen LogP contribution < -0.4 is 10.6 Å². The van der Waals surface area contributed by atoms with Crippen molar-refractivity contribution >= 4 is 6.09 Å². The van der Waals surface area contributed by atoms with Crippen molar-refractivity contribution in [3.8, 4) is 0 Å². The maximum absolute atomic E-state index is 11.8. The molecule has 0 bridgehead atoms. The van der Waals surface area contributed by atoms with Crippen molar-refractivity contribution in [3.63, 3.8) is 0 Å². The van der Waals surface area contributed by atoms with Crippen molar-refractivity contribution in [2.75, 3.05) is 13.2 Å². The van der Waals surface area contributed by atoms with Crippen molar-refractivity contribution in [2.24, 2.45) is 0 Å². The Morgan fingerprint density at radius 1 is 1.15 bits per heavy atom. The first-order chi connectivity index (χ1) is 9.42. The van der Waals surface area contributed by atoms with Gasteiger partial charge < -0.3 is 20.1 Å². The highest BCUT2D eigenvalue weighted by Gasteiger charge is 2.27. The van der Waals surface area contributed by atoms with Crippen molar-refractivity contribution in [2.45, 2.75) is 76.6 Å². The van der Waals surface area contributed by atoms with Crippen LogP contribution in [0.4, 0.5) is 4.79 Å². The molecule has 1 heterocycles. The molecule has 1 aliphatic carbocycles. The molecule has 20 heavy (non-hydrogen) atoms. The standard InChI is InChI=1S/C15H28N2O3/c1-15(2,3)20-14(18)17-12-6-4-5-11(9-12)16-13-7-8-19-10-13/h11-13,16H,4-10H2,1-3H3,(H,17,18). The molecular formula is C15H28N2O3. The van der Waals surface area contributed by atoms with E-state index in [1.807, 2.05) is 20.8 Å². The molecule has 2 N–H and O–H groups in total. The Labute approximate surface area is 121 Å². The van der Waals surface area contributed by atoms with Gasteiger partial charge in [0.05, 0.1) is 6.61 Å². The average molecular weight is 284 g/mol. The molecule has 5 nitrogen and oxygen atoms in total. The van der Waals surface area contributed by atoms with E-state index < -0.39 is 5.60 Å². The minimum absolute atomic E-state index is 0.221. The Hall–Kier alpha value is -0.810. The molecule has 1 saturated carbocycles. The molecule has 2 aliphatic rings. The number of hydrogen-bond donors (Lipinski definition) is 2. The first kappa shape index (κ1) is 15.6. The summed E-state index contributed by atoms with van der Waals surface area (Å²) >= 11 is 0. The summed E-state index contributed by atoms with van der Waals surface area (Å²) in [6, 6.07) is 1.19. The van der Waals surface area contributed by atoms with Gasteiger partial charge in [-0.15, -0.1) is 0 Å². The second-order valence-corrected chi connectivity index (χ2v) is 6.93. The Bertz CT molecular complexity index is 322. The summed E-state index contributed by atoms with van der Waals surface area (Å²) in [5.41, 5.74) is -0.433.